The molecule has 2 aromatic carbocycles. The molecule has 4 aromatic rings. The van der Waals surface area contributed by atoms with Gasteiger partial charge in [0.05, 0.1) is 11.4 Å². The Balaban J connectivity index is 1.38. The lowest BCUT2D eigenvalue weighted by molar-refractivity contribution is 0.0919. The average molecular weight is 401 g/mol. The second-order valence-corrected chi connectivity index (χ2v) is 6.95. The Morgan fingerprint density at radius 2 is 1.70 bits per heavy atom. The lowest BCUT2D eigenvalue weighted by atomic mass is 10.2. The van der Waals surface area contributed by atoms with Gasteiger partial charge in [0.1, 0.15) is 18.1 Å². The summed E-state index contributed by atoms with van der Waals surface area (Å²) >= 11 is 0. The number of rotatable bonds is 7. The summed E-state index contributed by atoms with van der Waals surface area (Å²) in [5.41, 5.74) is 3.86. The Bertz CT molecular complexity index is 1130. The smallest absolute Gasteiger partial charge is 0.287 e. The predicted molar refractivity (Wildman–Crippen MR) is 114 cm³/mol. The standard InChI is InChI=1S/C24H23N3O3/c1-17-22(18(2)27(26-17)19-9-5-3-6-10-19)15-25-24(28)23-14-13-21(30-23)16-29-20-11-7-4-8-12-20/h3-14H,15-16H2,1-2H3,(H,25,28). The molecule has 30 heavy (non-hydrogen) atoms. The van der Waals surface area contributed by atoms with E-state index >= 15 is 0 Å². The van der Waals surface area contributed by atoms with Crippen LogP contribution in [0.25, 0.3) is 5.69 Å². The number of nitrogens with one attached hydrogen (secondary N) is 1. The van der Waals surface area contributed by atoms with Gasteiger partial charge in [0, 0.05) is 17.8 Å². The van der Waals surface area contributed by atoms with Gasteiger partial charge in [0.15, 0.2) is 5.76 Å². The molecule has 0 aliphatic rings. The number of carbonyl (C=O) groups excluding carboxylic acids is 1. The molecule has 0 unspecified atom stereocenters. The van der Waals surface area contributed by atoms with E-state index in [9.17, 15) is 4.79 Å². The fourth-order valence-electron chi connectivity index (χ4n) is 3.26. The monoisotopic (exact) mass is 401 g/mol. The highest BCUT2D eigenvalue weighted by molar-refractivity contribution is 5.91. The number of nitrogens with zero attached hydrogens (tertiary/aromatic N) is 2. The van der Waals surface area contributed by atoms with Crippen molar-refractivity contribution in [2.24, 2.45) is 0 Å². The zero-order chi connectivity index (χ0) is 20.9. The van der Waals surface area contributed by atoms with Gasteiger partial charge in [-0.25, -0.2) is 4.68 Å². The molecular weight excluding hydrogens is 378 g/mol. The third-order valence-electron chi connectivity index (χ3n) is 4.88. The zero-order valence-electron chi connectivity index (χ0n) is 17.0. The maximum atomic E-state index is 12.5. The van der Waals surface area contributed by atoms with Crippen molar-refractivity contribution in [1.29, 1.82) is 0 Å². The summed E-state index contributed by atoms with van der Waals surface area (Å²) in [4.78, 5) is 12.5. The molecule has 2 aromatic heterocycles. The number of hydrogen-bond acceptors (Lipinski definition) is 4. The molecular formula is C24H23N3O3. The molecule has 0 spiro atoms. The summed E-state index contributed by atoms with van der Waals surface area (Å²) in [6, 6.07) is 22.8. The fourth-order valence-corrected chi connectivity index (χ4v) is 3.26. The second kappa shape index (κ2) is 8.69. The number of carbonyl (C=O) groups is 1. The Labute approximate surface area is 175 Å². The van der Waals surface area contributed by atoms with Crippen molar-refractivity contribution >= 4 is 5.91 Å². The van der Waals surface area contributed by atoms with Crippen LogP contribution in [0, 0.1) is 13.8 Å². The van der Waals surface area contributed by atoms with Crippen LogP contribution in [0.4, 0.5) is 0 Å². The molecule has 0 aliphatic carbocycles. The summed E-state index contributed by atoms with van der Waals surface area (Å²) in [7, 11) is 0. The van der Waals surface area contributed by atoms with Gasteiger partial charge in [-0.3, -0.25) is 4.79 Å². The first-order valence-corrected chi connectivity index (χ1v) is 9.77. The Morgan fingerprint density at radius 1 is 1.00 bits per heavy atom. The van der Waals surface area contributed by atoms with Crippen LogP contribution in [0.1, 0.15) is 33.3 Å². The van der Waals surface area contributed by atoms with Crippen LogP contribution in [-0.2, 0) is 13.2 Å². The van der Waals surface area contributed by atoms with E-state index < -0.39 is 0 Å². The third-order valence-corrected chi connectivity index (χ3v) is 4.88. The molecule has 0 aliphatic heterocycles. The number of ether oxygens (including phenoxy) is 1. The van der Waals surface area contributed by atoms with Crippen molar-refractivity contribution in [1.82, 2.24) is 15.1 Å². The van der Waals surface area contributed by atoms with Crippen molar-refractivity contribution in [2.75, 3.05) is 0 Å². The molecule has 0 fully saturated rings. The van der Waals surface area contributed by atoms with E-state index in [4.69, 9.17) is 9.15 Å². The molecule has 2 heterocycles. The van der Waals surface area contributed by atoms with Crippen molar-refractivity contribution in [3.63, 3.8) is 0 Å². The van der Waals surface area contributed by atoms with E-state index in [1.54, 1.807) is 12.1 Å². The van der Waals surface area contributed by atoms with Crippen LogP contribution < -0.4 is 10.1 Å². The van der Waals surface area contributed by atoms with Gasteiger partial charge in [0.2, 0.25) is 0 Å². The van der Waals surface area contributed by atoms with Gasteiger partial charge < -0.3 is 14.5 Å². The van der Waals surface area contributed by atoms with Gasteiger partial charge in [-0.05, 0) is 50.2 Å². The average Bonchev–Trinajstić information content (AvgIpc) is 3.37. The summed E-state index contributed by atoms with van der Waals surface area (Å²) in [6.45, 7) is 4.58. The third kappa shape index (κ3) is 4.27. The highest BCUT2D eigenvalue weighted by atomic mass is 16.5. The van der Waals surface area contributed by atoms with Gasteiger partial charge in [-0.15, -0.1) is 0 Å². The number of benzene rings is 2. The molecule has 1 N–H and O–H groups in total. The van der Waals surface area contributed by atoms with Gasteiger partial charge in [0.25, 0.3) is 5.91 Å². The summed E-state index contributed by atoms with van der Waals surface area (Å²) in [5, 5.41) is 7.54. The first kappa shape index (κ1) is 19.5. The molecule has 0 bridgehead atoms. The van der Waals surface area contributed by atoms with Gasteiger partial charge in [-0.1, -0.05) is 36.4 Å². The zero-order valence-corrected chi connectivity index (χ0v) is 17.0. The number of aryl methyl sites for hydroxylation is 1. The van der Waals surface area contributed by atoms with Crippen LogP contribution in [0.2, 0.25) is 0 Å². The van der Waals surface area contributed by atoms with Gasteiger partial charge in [-0.2, -0.15) is 5.10 Å². The lowest BCUT2D eigenvalue weighted by Crippen LogP contribution is -2.23. The highest BCUT2D eigenvalue weighted by Crippen LogP contribution is 2.18. The summed E-state index contributed by atoms with van der Waals surface area (Å²) in [6.07, 6.45) is 0. The summed E-state index contributed by atoms with van der Waals surface area (Å²) in [5.74, 6) is 1.33. The number of para-hydroxylation sites is 2. The molecule has 6 nitrogen and oxygen atoms in total. The molecule has 1 amide bonds. The van der Waals surface area contributed by atoms with E-state index in [0.717, 1.165) is 28.4 Å². The molecule has 0 saturated heterocycles. The first-order chi connectivity index (χ1) is 14.6. The SMILES string of the molecule is Cc1nn(-c2ccccc2)c(C)c1CNC(=O)c1ccc(COc2ccccc2)o1. The van der Waals surface area contributed by atoms with Crippen LogP contribution in [0.3, 0.4) is 0 Å². The topological polar surface area (TPSA) is 69.3 Å². The van der Waals surface area contributed by atoms with Crippen molar-refractivity contribution < 1.29 is 13.9 Å². The molecule has 0 atom stereocenters. The van der Waals surface area contributed by atoms with Gasteiger partial charge >= 0.3 is 0 Å². The first-order valence-electron chi connectivity index (χ1n) is 9.77. The van der Waals surface area contributed by atoms with Crippen LogP contribution in [0.15, 0.2) is 77.2 Å². The van der Waals surface area contributed by atoms with E-state index in [1.165, 1.54) is 0 Å². The predicted octanol–water partition coefficient (Wildman–Crippen LogP) is 4.59. The quantitative estimate of drug-likeness (QED) is 0.492. The second-order valence-electron chi connectivity index (χ2n) is 6.95. The van der Waals surface area contributed by atoms with E-state index in [1.807, 2.05) is 79.2 Å². The highest BCUT2D eigenvalue weighted by Gasteiger charge is 2.16. The summed E-state index contributed by atoms with van der Waals surface area (Å²) < 4.78 is 13.2. The van der Waals surface area contributed by atoms with Crippen LogP contribution in [0.5, 0.6) is 5.75 Å². The Kier molecular flexibility index (Phi) is 5.66. The number of hydrogen-bond donors (Lipinski definition) is 1. The molecule has 0 radical (unpaired) electrons. The van der Waals surface area contributed by atoms with Crippen molar-refractivity contribution in [3.05, 3.63) is 101 Å². The number of amides is 1. The minimum atomic E-state index is -0.271. The molecule has 6 heteroatoms. The Morgan fingerprint density at radius 3 is 2.43 bits per heavy atom. The minimum absolute atomic E-state index is 0.257. The largest absolute Gasteiger partial charge is 0.486 e. The normalized spacial score (nSPS) is 10.7. The van der Waals surface area contributed by atoms with Crippen molar-refractivity contribution in [2.45, 2.75) is 27.0 Å². The number of aromatic nitrogens is 2. The Hall–Kier alpha value is -3.80. The minimum Gasteiger partial charge on any atom is -0.486 e. The molecule has 0 saturated carbocycles. The maximum absolute atomic E-state index is 12.5. The van der Waals surface area contributed by atoms with Crippen LogP contribution >= 0.6 is 0 Å². The number of furan rings is 1. The van der Waals surface area contributed by atoms with Crippen LogP contribution in [-0.4, -0.2) is 15.7 Å². The van der Waals surface area contributed by atoms with E-state index in [2.05, 4.69) is 10.4 Å². The fraction of sp³-hybridized carbons (Fsp3) is 0.167. The lowest BCUT2D eigenvalue weighted by Gasteiger charge is -2.06. The molecule has 152 valence electrons. The maximum Gasteiger partial charge on any atom is 0.287 e. The van der Waals surface area contributed by atoms with Crippen molar-refractivity contribution in [3.8, 4) is 11.4 Å². The van der Waals surface area contributed by atoms with E-state index in [-0.39, 0.29) is 18.3 Å². The molecule has 4 rings (SSSR count). The van der Waals surface area contributed by atoms with E-state index in [0.29, 0.717) is 12.3 Å².